The Labute approximate surface area is 181 Å². The normalized spacial score (nSPS) is 14.9. The maximum Gasteiger partial charge on any atom is 0.282 e. The standard InChI is InChI=1S/C25H22ClN3O/c1-17-5-4-6-22(15-17)29-24(19-9-11-20(26)12-10-19)27-23(25(29)30)16-18-7-13-21(14-8-18)28(2)3/h4-16H,1-3H3/b23-16+. The van der Waals surface area contributed by atoms with Gasteiger partial charge in [0.2, 0.25) is 0 Å². The number of rotatable bonds is 4. The largest absolute Gasteiger partial charge is 0.378 e. The molecule has 4 nitrogen and oxygen atoms in total. The second-order valence-corrected chi connectivity index (χ2v) is 7.87. The molecule has 0 aliphatic carbocycles. The Balaban J connectivity index is 1.78. The predicted octanol–water partition coefficient (Wildman–Crippen LogP) is 5.55. The molecule has 0 spiro atoms. The average molecular weight is 416 g/mol. The lowest BCUT2D eigenvalue weighted by atomic mass is 10.1. The Kier molecular flexibility index (Phi) is 5.42. The van der Waals surface area contributed by atoms with Gasteiger partial charge >= 0.3 is 0 Å². The van der Waals surface area contributed by atoms with E-state index in [0.717, 1.165) is 28.1 Å². The SMILES string of the molecule is Cc1cccc(N2C(=O)/C(=C\c3ccc(N(C)C)cc3)N=C2c2ccc(Cl)cc2)c1. The molecule has 0 unspecified atom stereocenters. The van der Waals surface area contributed by atoms with E-state index in [9.17, 15) is 4.79 Å². The van der Waals surface area contributed by atoms with E-state index in [1.807, 2.05) is 92.7 Å². The van der Waals surface area contributed by atoms with E-state index < -0.39 is 0 Å². The lowest BCUT2D eigenvalue weighted by molar-refractivity contribution is -0.113. The fourth-order valence-corrected chi connectivity index (χ4v) is 3.47. The molecule has 4 rings (SSSR count). The van der Waals surface area contributed by atoms with Crippen LogP contribution in [0, 0.1) is 6.92 Å². The molecule has 1 aliphatic heterocycles. The maximum absolute atomic E-state index is 13.4. The number of halogens is 1. The van der Waals surface area contributed by atoms with Crippen LogP contribution in [0.4, 0.5) is 11.4 Å². The van der Waals surface area contributed by atoms with Crippen molar-refractivity contribution in [3.8, 4) is 0 Å². The Morgan fingerprint density at radius 3 is 2.30 bits per heavy atom. The lowest BCUT2D eigenvalue weighted by Gasteiger charge is -2.19. The van der Waals surface area contributed by atoms with Gasteiger partial charge in [-0.3, -0.25) is 9.69 Å². The predicted molar refractivity (Wildman–Crippen MR) is 125 cm³/mol. The van der Waals surface area contributed by atoms with Crippen LogP contribution in [-0.4, -0.2) is 25.8 Å². The van der Waals surface area contributed by atoms with Crippen molar-refractivity contribution >= 4 is 40.8 Å². The summed E-state index contributed by atoms with van der Waals surface area (Å²) in [5, 5.41) is 0.641. The number of amides is 1. The fraction of sp³-hybridized carbons (Fsp3) is 0.120. The molecule has 0 aromatic heterocycles. The molecule has 150 valence electrons. The smallest absolute Gasteiger partial charge is 0.282 e. The summed E-state index contributed by atoms with van der Waals surface area (Å²) < 4.78 is 0. The zero-order chi connectivity index (χ0) is 21.3. The number of benzene rings is 3. The van der Waals surface area contributed by atoms with Gasteiger partial charge in [-0.05, 0) is 72.7 Å². The van der Waals surface area contributed by atoms with E-state index in [2.05, 4.69) is 0 Å². The summed E-state index contributed by atoms with van der Waals surface area (Å²) in [5.74, 6) is 0.445. The molecule has 1 aliphatic rings. The van der Waals surface area contributed by atoms with Crippen LogP contribution in [0.25, 0.3) is 6.08 Å². The second kappa shape index (κ2) is 8.17. The van der Waals surface area contributed by atoms with E-state index in [1.165, 1.54) is 0 Å². The molecule has 1 amide bonds. The Hall–Kier alpha value is -3.37. The summed E-state index contributed by atoms with van der Waals surface area (Å²) in [5.41, 5.74) is 5.13. The van der Waals surface area contributed by atoms with Gasteiger partial charge in [0, 0.05) is 30.4 Å². The van der Waals surface area contributed by atoms with Crippen molar-refractivity contribution in [2.75, 3.05) is 23.9 Å². The number of nitrogens with zero attached hydrogens (tertiary/aromatic N) is 3. The van der Waals surface area contributed by atoms with Crippen LogP contribution in [-0.2, 0) is 4.79 Å². The molecule has 5 heteroatoms. The highest BCUT2D eigenvalue weighted by molar-refractivity contribution is 6.34. The number of amidine groups is 1. The number of carbonyl (C=O) groups excluding carboxylic acids is 1. The van der Waals surface area contributed by atoms with E-state index in [1.54, 1.807) is 17.0 Å². The van der Waals surface area contributed by atoms with Crippen molar-refractivity contribution in [1.29, 1.82) is 0 Å². The molecule has 0 fully saturated rings. The minimum absolute atomic E-state index is 0.151. The van der Waals surface area contributed by atoms with Gasteiger partial charge in [-0.15, -0.1) is 0 Å². The van der Waals surface area contributed by atoms with Crippen LogP contribution in [0.5, 0.6) is 0 Å². The number of aryl methyl sites for hydroxylation is 1. The van der Waals surface area contributed by atoms with Crippen LogP contribution in [0.2, 0.25) is 5.02 Å². The summed E-state index contributed by atoms with van der Waals surface area (Å²) in [4.78, 5) is 21.8. The topological polar surface area (TPSA) is 35.9 Å². The van der Waals surface area contributed by atoms with Crippen LogP contribution < -0.4 is 9.80 Å². The highest BCUT2D eigenvalue weighted by atomic mass is 35.5. The number of hydrogen-bond donors (Lipinski definition) is 0. The van der Waals surface area contributed by atoms with Gasteiger partial charge in [-0.2, -0.15) is 0 Å². The van der Waals surface area contributed by atoms with Gasteiger partial charge in [0.1, 0.15) is 11.5 Å². The van der Waals surface area contributed by atoms with Crippen molar-refractivity contribution < 1.29 is 4.79 Å². The van der Waals surface area contributed by atoms with Gasteiger partial charge in [0.05, 0.1) is 5.69 Å². The minimum atomic E-state index is -0.151. The Morgan fingerprint density at radius 1 is 0.967 bits per heavy atom. The summed E-state index contributed by atoms with van der Waals surface area (Å²) in [6.07, 6.45) is 1.83. The van der Waals surface area contributed by atoms with Crippen molar-refractivity contribution in [3.63, 3.8) is 0 Å². The van der Waals surface area contributed by atoms with Crippen LogP contribution in [0.15, 0.2) is 83.5 Å². The molecule has 0 radical (unpaired) electrons. The second-order valence-electron chi connectivity index (χ2n) is 7.44. The van der Waals surface area contributed by atoms with Gasteiger partial charge in [0.15, 0.2) is 0 Å². The van der Waals surface area contributed by atoms with E-state index in [0.29, 0.717) is 16.6 Å². The first-order valence-corrected chi connectivity index (χ1v) is 10.0. The first-order valence-electron chi connectivity index (χ1n) is 9.67. The summed E-state index contributed by atoms with van der Waals surface area (Å²) in [6, 6.07) is 23.2. The van der Waals surface area contributed by atoms with Crippen molar-refractivity contribution in [2.45, 2.75) is 6.92 Å². The third-order valence-corrected chi connectivity index (χ3v) is 5.19. The number of aliphatic imine (C=N–C) groups is 1. The van der Waals surface area contributed by atoms with Gasteiger partial charge in [-0.1, -0.05) is 35.9 Å². The van der Waals surface area contributed by atoms with Gasteiger partial charge in [-0.25, -0.2) is 4.99 Å². The van der Waals surface area contributed by atoms with Crippen molar-refractivity contribution in [2.24, 2.45) is 4.99 Å². The van der Waals surface area contributed by atoms with E-state index in [-0.39, 0.29) is 5.91 Å². The monoisotopic (exact) mass is 415 g/mol. The molecule has 0 atom stereocenters. The summed E-state index contributed by atoms with van der Waals surface area (Å²) >= 11 is 6.06. The van der Waals surface area contributed by atoms with Crippen molar-refractivity contribution in [1.82, 2.24) is 0 Å². The molecule has 1 heterocycles. The Bertz CT molecular complexity index is 1150. The number of hydrogen-bond acceptors (Lipinski definition) is 3. The zero-order valence-electron chi connectivity index (χ0n) is 17.1. The highest BCUT2D eigenvalue weighted by Crippen LogP contribution is 2.29. The first-order chi connectivity index (χ1) is 14.4. The number of anilines is 2. The van der Waals surface area contributed by atoms with Gasteiger partial charge in [0.25, 0.3) is 5.91 Å². The molecule has 0 saturated carbocycles. The first kappa shape index (κ1) is 19.9. The highest BCUT2D eigenvalue weighted by Gasteiger charge is 2.32. The maximum atomic E-state index is 13.4. The van der Waals surface area contributed by atoms with Gasteiger partial charge < -0.3 is 4.90 Å². The zero-order valence-corrected chi connectivity index (χ0v) is 17.9. The molecule has 0 bridgehead atoms. The third kappa shape index (κ3) is 4.00. The fourth-order valence-electron chi connectivity index (χ4n) is 3.34. The van der Waals surface area contributed by atoms with Crippen LogP contribution in [0.3, 0.4) is 0 Å². The quantitative estimate of drug-likeness (QED) is 0.524. The molecular weight excluding hydrogens is 394 g/mol. The third-order valence-electron chi connectivity index (χ3n) is 4.94. The van der Waals surface area contributed by atoms with Crippen LogP contribution in [0.1, 0.15) is 16.7 Å². The van der Waals surface area contributed by atoms with E-state index >= 15 is 0 Å². The minimum Gasteiger partial charge on any atom is -0.378 e. The van der Waals surface area contributed by atoms with Crippen LogP contribution >= 0.6 is 11.6 Å². The molecule has 3 aromatic rings. The average Bonchev–Trinajstić information content (AvgIpc) is 3.05. The number of carbonyl (C=O) groups is 1. The van der Waals surface area contributed by atoms with E-state index in [4.69, 9.17) is 16.6 Å². The summed E-state index contributed by atoms with van der Waals surface area (Å²) in [7, 11) is 3.99. The molecular formula is C25H22ClN3O. The molecule has 0 N–H and O–H groups in total. The lowest BCUT2D eigenvalue weighted by Crippen LogP contribution is -2.32. The molecule has 30 heavy (non-hydrogen) atoms. The molecule has 3 aromatic carbocycles. The molecule has 0 saturated heterocycles. The Morgan fingerprint density at radius 2 is 1.67 bits per heavy atom. The summed E-state index contributed by atoms with van der Waals surface area (Å²) in [6.45, 7) is 2.01. The van der Waals surface area contributed by atoms with Crippen molar-refractivity contribution in [3.05, 3.63) is 100 Å².